The fourth-order valence-corrected chi connectivity index (χ4v) is 3.96. The molecule has 2 saturated heterocycles. The number of halogens is 1. The molecule has 3 rings (SSSR count). The summed E-state index contributed by atoms with van der Waals surface area (Å²) in [5.74, 6) is 0.0468. The summed E-state index contributed by atoms with van der Waals surface area (Å²) >= 11 is 5.96. The molecule has 6 nitrogen and oxygen atoms in total. The maximum atomic E-state index is 13.1. The largest absolute Gasteiger partial charge is 0.353 e. The lowest BCUT2D eigenvalue weighted by Crippen LogP contribution is -2.56. The van der Waals surface area contributed by atoms with Gasteiger partial charge < -0.3 is 15.1 Å². The molecule has 0 radical (unpaired) electrons. The van der Waals surface area contributed by atoms with Crippen LogP contribution >= 0.6 is 11.6 Å². The third-order valence-electron chi connectivity index (χ3n) is 5.21. The minimum Gasteiger partial charge on any atom is -0.353 e. The number of hydrogen-bond donors (Lipinski definition) is 1. The molecule has 2 aliphatic heterocycles. The van der Waals surface area contributed by atoms with Crippen LogP contribution in [-0.4, -0.2) is 59.7 Å². The van der Waals surface area contributed by atoms with Gasteiger partial charge in [-0.25, -0.2) is 0 Å². The zero-order valence-electron chi connectivity index (χ0n) is 15.8. The van der Waals surface area contributed by atoms with Gasteiger partial charge in [0.1, 0.15) is 6.04 Å². The second kappa shape index (κ2) is 8.30. The van der Waals surface area contributed by atoms with Crippen LogP contribution in [0.1, 0.15) is 38.2 Å². The first-order chi connectivity index (χ1) is 12.8. The van der Waals surface area contributed by atoms with E-state index >= 15 is 0 Å². The van der Waals surface area contributed by atoms with E-state index < -0.39 is 6.04 Å². The minimum atomic E-state index is -0.513. The number of likely N-dealkylation sites (tertiary alicyclic amines) is 1. The lowest BCUT2D eigenvalue weighted by atomic mass is 9.98. The maximum absolute atomic E-state index is 13.1. The van der Waals surface area contributed by atoms with Gasteiger partial charge in [-0.05, 0) is 30.0 Å². The average Bonchev–Trinajstić information content (AvgIpc) is 3.01. The Balaban J connectivity index is 1.77. The summed E-state index contributed by atoms with van der Waals surface area (Å²) in [6.07, 6.45) is 0.986. The third kappa shape index (κ3) is 4.61. The van der Waals surface area contributed by atoms with E-state index in [-0.39, 0.29) is 36.1 Å². The molecule has 7 heteroatoms. The van der Waals surface area contributed by atoms with Gasteiger partial charge in [0.2, 0.25) is 17.7 Å². The highest BCUT2D eigenvalue weighted by Gasteiger charge is 2.40. The third-order valence-corrected chi connectivity index (χ3v) is 5.46. The molecule has 1 aromatic carbocycles. The molecule has 0 aliphatic carbocycles. The van der Waals surface area contributed by atoms with Crippen molar-refractivity contribution in [3.8, 4) is 0 Å². The van der Waals surface area contributed by atoms with Crippen LogP contribution in [0.5, 0.6) is 0 Å². The van der Waals surface area contributed by atoms with Crippen molar-refractivity contribution < 1.29 is 14.4 Å². The van der Waals surface area contributed by atoms with Crippen LogP contribution < -0.4 is 5.32 Å². The van der Waals surface area contributed by atoms with Crippen LogP contribution in [0.2, 0.25) is 5.02 Å². The number of nitrogens with zero attached hydrogens (tertiary/aromatic N) is 2. The zero-order chi connectivity index (χ0) is 19.6. The van der Waals surface area contributed by atoms with Crippen molar-refractivity contribution in [1.29, 1.82) is 0 Å². The second-order valence-electron chi connectivity index (χ2n) is 7.75. The predicted molar refractivity (Wildman–Crippen MR) is 103 cm³/mol. The molecular weight excluding hydrogens is 366 g/mol. The van der Waals surface area contributed by atoms with E-state index in [2.05, 4.69) is 5.32 Å². The van der Waals surface area contributed by atoms with Crippen LogP contribution in [0.4, 0.5) is 0 Å². The van der Waals surface area contributed by atoms with Crippen LogP contribution in [-0.2, 0) is 14.4 Å². The Morgan fingerprint density at radius 1 is 1.26 bits per heavy atom. The van der Waals surface area contributed by atoms with Gasteiger partial charge in [-0.3, -0.25) is 14.4 Å². The first-order valence-electron chi connectivity index (χ1n) is 9.45. The number of benzene rings is 1. The van der Waals surface area contributed by atoms with Crippen molar-refractivity contribution in [3.63, 3.8) is 0 Å². The van der Waals surface area contributed by atoms with Crippen LogP contribution in [0.25, 0.3) is 0 Å². The van der Waals surface area contributed by atoms with Crippen molar-refractivity contribution in [3.05, 3.63) is 34.9 Å². The molecular formula is C20H26ClN3O3. The molecule has 2 atom stereocenters. The summed E-state index contributed by atoms with van der Waals surface area (Å²) in [6, 6.07) is 7.02. The summed E-state index contributed by atoms with van der Waals surface area (Å²) < 4.78 is 0. The highest BCUT2D eigenvalue weighted by molar-refractivity contribution is 6.30. The number of amides is 3. The standard InChI is InChI=1S/C20H26ClN3O3/c1-13(2)9-17(20(27)23-8-7-22-18(25)12-23)24-11-15(10-19(24)26)14-3-5-16(21)6-4-14/h3-6,13,15,17H,7-12H2,1-2H3,(H,22,25). The number of piperazine rings is 1. The monoisotopic (exact) mass is 391 g/mol. The number of nitrogens with one attached hydrogen (secondary N) is 1. The van der Waals surface area contributed by atoms with Crippen molar-refractivity contribution in [1.82, 2.24) is 15.1 Å². The van der Waals surface area contributed by atoms with Gasteiger partial charge in [-0.15, -0.1) is 0 Å². The molecule has 1 aromatic rings. The molecule has 0 bridgehead atoms. The van der Waals surface area contributed by atoms with E-state index in [1.807, 2.05) is 38.1 Å². The van der Waals surface area contributed by atoms with Gasteiger partial charge in [0, 0.05) is 37.0 Å². The SMILES string of the molecule is CC(C)CC(C(=O)N1CCNC(=O)C1)N1CC(c2ccc(Cl)cc2)CC1=O. The molecule has 27 heavy (non-hydrogen) atoms. The Bertz CT molecular complexity index is 720. The number of carbonyl (C=O) groups is 3. The number of rotatable bonds is 5. The van der Waals surface area contributed by atoms with E-state index in [1.54, 1.807) is 9.80 Å². The lowest BCUT2D eigenvalue weighted by Gasteiger charge is -2.35. The van der Waals surface area contributed by atoms with E-state index in [9.17, 15) is 14.4 Å². The average molecular weight is 392 g/mol. The van der Waals surface area contributed by atoms with E-state index in [1.165, 1.54) is 0 Å². The van der Waals surface area contributed by atoms with Gasteiger partial charge in [0.15, 0.2) is 0 Å². The van der Waals surface area contributed by atoms with Crippen molar-refractivity contribution in [2.75, 3.05) is 26.2 Å². The minimum absolute atomic E-state index is 0.00425. The zero-order valence-corrected chi connectivity index (χ0v) is 16.5. The second-order valence-corrected chi connectivity index (χ2v) is 8.19. The van der Waals surface area contributed by atoms with E-state index in [0.29, 0.717) is 37.5 Å². The summed E-state index contributed by atoms with van der Waals surface area (Å²) in [5.41, 5.74) is 1.06. The number of carbonyl (C=O) groups excluding carboxylic acids is 3. The predicted octanol–water partition coefficient (Wildman–Crippen LogP) is 2.03. The smallest absolute Gasteiger partial charge is 0.245 e. The number of hydrogen-bond acceptors (Lipinski definition) is 3. The Morgan fingerprint density at radius 2 is 1.96 bits per heavy atom. The molecule has 146 valence electrons. The molecule has 0 aromatic heterocycles. The Labute approximate surface area is 164 Å². The molecule has 0 saturated carbocycles. The first-order valence-corrected chi connectivity index (χ1v) is 9.83. The van der Waals surface area contributed by atoms with Crippen molar-refractivity contribution >= 4 is 29.3 Å². The highest BCUT2D eigenvalue weighted by atomic mass is 35.5. The van der Waals surface area contributed by atoms with Crippen LogP contribution in [0, 0.1) is 5.92 Å². The fraction of sp³-hybridized carbons (Fsp3) is 0.550. The van der Waals surface area contributed by atoms with Gasteiger partial charge in [-0.2, -0.15) is 0 Å². The maximum Gasteiger partial charge on any atom is 0.245 e. The van der Waals surface area contributed by atoms with Crippen molar-refractivity contribution in [2.24, 2.45) is 5.92 Å². The Morgan fingerprint density at radius 3 is 2.59 bits per heavy atom. The molecule has 2 aliphatic rings. The quantitative estimate of drug-likeness (QED) is 0.834. The van der Waals surface area contributed by atoms with Gasteiger partial charge in [0.05, 0.1) is 6.54 Å². The lowest BCUT2D eigenvalue weighted by molar-refractivity contribution is -0.147. The molecule has 2 unspecified atom stereocenters. The fourth-order valence-electron chi connectivity index (χ4n) is 3.84. The van der Waals surface area contributed by atoms with Crippen LogP contribution in [0.3, 0.4) is 0 Å². The molecule has 2 fully saturated rings. The Kier molecular flexibility index (Phi) is 6.05. The summed E-state index contributed by atoms with van der Waals surface area (Å²) in [4.78, 5) is 40.9. The van der Waals surface area contributed by atoms with Gasteiger partial charge >= 0.3 is 0 Å². The van der Waals surface area contributed by atoms with Gasteiger partial charge in [0.25, 0.3) is 0 Å². The summed E-state index contributed by atoms with van der Waals surface area (Å²) in [5, 5.41) is 3.40. The molecule has 0 spiro atoms. The highest BCUT2D eigenvalue weighted by Crippen LogP contribution is 2.32. The first kappa shape index (κ1) is 19.7. The van der Waals surface area contributed by atoms with Crippen molar-refractivity contribution in [2.45, 2.75) is 38.6 Å². The summed E-state index contributed by atoms with van der Waals surface area (Å²) in [7, 11) is 0. The van der Waals surface area contributed by atoms with Gasteiger partial charge in [-0.1, -0.05) is 37.6 Å². The topological polar surface area (TPSA) is 69.7 Å². The van der Waals surface area contributed by atoms with E-state index in [0.717, 1.165) is 5.56 Å². The Hall–Kier alpha value is -2.08. The molecule has 1 N–H and O–H groups in total. The van der Waals surface area contributed by atoms with E-state index in [4.69, 9.17) is 11.6 Å². The molecule has 2 heterocycles. The summed E-state index contributed by atoms with van der Waals surface area (Å²) in [6.45, 7) is 5.61. The molecule has 3 amide bonds. The normalized spacial score (nSPS) is 21.6. The van der Waals surface area contributed by atoms with Crippen LogP contribution in [0.15, 0.2) is 24.3 Å².